The van der Waals surface area contributed by atoms with Crippen molar-refractivity contribution in [3.63, 3.8) is 0 Å². The predicted octanol–water partition coefficient (Wildman–Crippen LogP) is 15.6. The monoisotopic (exact) mass is 738 g/mol. The molecule has 272 valence electrons. The van der Waals surface area contributed by atoms with Crippen molar-refractivity contribution in [3.8, 4) is 39.1 Å². The highest BCUT2D eigenvalue weighted by Gasteiger charge is 2.16. The zero-order chi connectivity index (χ0) is 38.4. The minimum atomic E-state index is 1.10. The van der Waals surface area contributed by atoms with E-state index < -0.39 is 0 Å². The first-order valence-electron chi connectivity index (χ1n) is 19.9. The van der Waals surface area contributed by atoms with Crippen LogP contribution >= 0.6 is 0 Å². The number of nitrogens with zero attached hydrogens (tertiary/aromatic N) is 2. The Hall–Kier alpha value is -7.68. The molecule has 58 heavy (non-hydrogen) atoms. The summed E-state index contributed by atoms with van der Waals surface area (Å²) in [5, 5.41) is 7.47. The highest BCUT2D eigenvalue weighted by molar-refractivity contribution is 6.09. The molecule has 0 atom stereocenters. The first-order chi connectivity index (χ1) is 28.7. The minimum absolute atomic E-state index is 1.10. The molecular formula is C56H38N2. The van der Waals surface area contributed by atoms with Crippen LogP contribution in [0.5, 0.6) is 0 Å². The Morgan fingerprint density at radius 2 is 0.655 bits per heavy atom. The van der Waals surface area contributed by atoms with Gasteiger partial charge in [-0.1, -0.05) is 158 Å². The molecule has 0 unspecified atom stereocenters. The molecular weight excluding hydrogens is 701 g/mol. The average Bonchev–Trinajstić information content (AvgIpc) is 3.64. The van der Waals surface area contributed by atoms with Crippen molar-refractivity contribution in [2.24, 2.45) is 0 Å². The maximum Gasteiger partial charge on any atom is 0.0541 e. The van der Waals surface area contributed by atoms with Gasteiger partial charge in [0.2, 0.25) is 0 Å². The van der Waals surface area contributed by atoms with Crippen molar-refractivity contribution >= 4 is 60.4 Å². The maximum absolute atomic E-state index is 2.37. The Balaban J connectivity index is 0.952. The van der Waals surface area contributed by atoms with Crippen LogP contribution in [0.15, 0.2) is 231 Å². The second-order valence-corrected chi connectivity index (χ2v) is 15.0. The molecule has 0 fully saturated rings. The standard InChI is InChI=1S/C56H38N2/c1-2-10-39(11-3-1)45-20-21-48-38-52(35-28-47(48)37-45)57(50-31-26-43(27-32-50)46-19-18-40-12-4-5-13-44(40)36-46)49-29-22-41(23-30-49)42-24-33-51(34-25-42)58-55-16-8-6-14-53(55)54-15-7-9-17-56(54)58/h1-38H. The van der Waals surface area contributed by atoms with Gasteiger partial charge in [-0.25, -0.2) is 0 Å². The lowest BCUT2D eigenvalue weighted by Gasteiger charge is -2.26. The van der Waals surface area contributed by atoms with E-state index in [4.69, 9.17) is 0 Å². The molecule has 11 rings (SSSR count). The molecule has 1 aromatic heterocycles. The number of hydrogen-bond donors (Lipinski definition) is 0. The molecule has 10 aromatic carbocycles. The molecule has 0 radical (unpaired) electrons. The molecule has 2 heteroatoms. The van der Waals surface area contributed by atoms with Crippen LogP contribution in [0, 0.1) is 0 Å². The van der Waals surface area contributed by atoms with Crippen LogP contribution in [-0.2, 0) is 0 Å². The van der Waals surface area contributed by atoms with Crippen LogP contribution in [0.2, 0.25) is 0 Å². The second-order valence-electron chi connectivity index (χ2n) is 15.0. The van der Waals surface area contributed by atoms with Gasteiger partial charge < -0.3 is 9.47 Å². The Morgan fingerprint density at radius 1 is 0.259 bits per heavy atom. The number of rotatable bonds is 7. The summed E-state index contributed by atoms with van der Waals surface area (Å²) in [7, 11) is 0. The van der Waals surface area contributed by atoms with E-state index in [9.17, 15) is 0 Å². The molecule has 11 aromatic rings. The minimum Gasteiger partial charge on any atom is -0.310 e. The van der Waals surface area contributed by atoms with Gasteiger partial charge in [-0.05, 0) is 128 Å². The van der Waals surface area contributed by atoms with Crippen LogP contribution in [0.4, 0.5) is 17.1 Å². The molecule has 2 nitrogen and oxygen atoms in total. The molecule has 0 N–H and O–H groups in total. The van der Waals surface area contributed by atoms with Gasteiger partial charge in [-0.15, -0.1) is 0 Å². The van der Waals surface area contributed by atoms with Crippen LogP contribution in [0.1, 0.15) is 0 Å². The number of fused-ring (bicyclic) bond motifs is 5. The Bertz CT molecular complexity index is 3200. The van der Waals surface area contributed by atoms with Crippen molar-refractivity contribution in [1.29, 1.82) is 0 Å². The lowest BCUT2D eigenvalue weighted by molar-refractivity contribution is 1.18. The van der Waals surface area contributed by atoms with Gasteiger partial charge in [0.05, 0.1) is 11.0 Å². The number of para-hydroxylation sites is 2. The van der Waals surface area contributed by atoms with Crippen LogP contribution in [0.25, 0.3) is 82.4 Å². The summed E-state index contributed by atoms with van der Waals surface area (Å²) in [6.45, 7) is 0. The van der Waals surface area contributed by atoms with E-state index in [1.807, 2.05) is 0 Å². The van der Waals surface area contributed by atoms with E-state index >= 15 is 0 Å². The third-order valence-corrected chi connectivity index (χ3v) is 11.6. The van der Waals surface area contributed by atoms with Crippen molar-refractivity contribution in [2.75, 3.05) is 4.90 Å². The lowest BCUT2D eigenvalue weighted by Crippen LogP contribution is -2.09. The van der Waals surface area contributed by atoms with Gasteiger partial charge in [-0.2, -0.15) is 0 Å². The zero-order valence-corrected chi connectivity index (χ0v) is 31.8. The van der Waals surface area contributed by atoms with Crippen LogP contribution < -0.4 is 4.90 Å². The third kappa shape index (κ3) is 6.00. The molecule has 0 aliphatic rings. The van der Waals surface area contributed by atoms with Gasteiger partial charge in [0.25, 0.3) is 0 Å². The lowest BCUT2D eigenvalue weighted by atomic mass is 9.99. The van der Waals surface area contributed by atoms with Gasteiger partial charge in [0.1, 0.15) is 0 Å². The summed E-state index contributed by atoms with van der Waals surface area (Å²) in [6, 6.07) is 83.7. The largest absolute Gasteiger partial charge is 0.310 e. The summed E-state index contributed by atoms with van der Waals surface area (Å²) in [4.78, 5) is 2.36. The van der Waals surface area contributed by atoms with E-state index in [1.165, 1.54) is 76.7 Å². The molecule has 0 bridgehead atoms. The smallest absolute Gasteiger partial charge is 0.0541 e. The SMILES string of the molecule is c1ccc(-c2ccc3cc(N(c4ccc(-c5ccc(-n6c7ccccc7c7ccccc76)cc5)cc4)c4ccc(-c5ccc6ccccc6c5)cc4)ccc3c2)cc1. The van der Waals surface area contributed by atoms with Crippen molar-refractivity contribution in [3.05, 3.63) is 231 Å². The maximum atomic E-state index is 2.37. The van der Waals surface area contributed by atoms with Crippen molar-refractivity contribution in [1.82, 2.24) is 4.57 Å². The van der Waals surface area contributed by atoms with E-state index in [0.717, 1.165) is 22.7 Å². The molecule has 0 aliphatic carbocycles. The van der Waals surface area contributed by atoms with Crippen LogP contribution in [-0.4, -0.2) is 4.57 Å². The molecule has 0 saturated carbocycles. The first-order valence-corrected chi connectivity index (χ1v) is 19.9. The summed E-state index contributed by atoms with van der Waals surface area (Å²) in [5.74, 6) is 0. The van der Waals surface area contributed by atoms with Gasteiger partial charge in [0, 0.05) is 33.5 Å². The fraction of sp³-hybridized carbons (Fsp3) is 0. The topological polar surface area (TPSA) is 8.17 Å². The Kier molecular flexibility index (Phi) is 8.19. The normalized spacial score (nSPS) is 11.4. The Morgan fingerprint density at radius 3 is 1.28 bits per heavy atom. The van der Waals surface area contributed by atoms with Gasteiger partial charge in [-0.3, -0.25) is 0 Å². The highest BCUT2D eigenvalue weighted by atomic mass is 15.1. The number of aromatic nitrogens is 1. The first kappa shape index (κ1) is 33.6. The summed E-state index contributed by atoms with van der Waals surface area (Å²) >= 11 is 0. The third-order valence-electron chi connectivity index (χ3n) is 11.6. The quantitative estimate of drug-likeness (QED) is 0.158. The summed E-state index contributed by atoms with van der Waals surface area (Å²) < 4.78 is 2.37. The van der Waals surface area contributed by atoms with Crippen molar-refractivity contribution < 1.29 is 0 Å². The number of benzene rings is 10. The molecule has 0 spiro atoms. The van der Waals surface area contributed by atoms with Gasteiger partial charge in [0.15, 0.2) is 0 Å². The van der Waals surface area contributed by atoms with Crippen LogP contribution in [0.3, 0.4) is 0 Å². The predicted molar refractivity (Wildman–Crippen MR) is 247 cm³/mol. The molecule has 1 heterocycles. The Labute approximate surface area is 338 Å². The summed E-state index contributed by atoms with van der Waals surface area (Å²) in [5.41, 5.74) is 14.1. The second kappa shape index (κ2) is 14.1. The molecule has 0 saturated heterocycles. The number of anilines is 3. The van der Waals surface area contributed by atoms with E-state index in [2.05, 4.69) is 240 Å². The number of hydrogen-bond acceptors (Lipinski definition) is 1. The summed E-state index contributed by atoms with van der Waals surface area (Å²) in [6.07, 6.45) is 0. The molecule has 0 amide bonds. The fourth-order valence-electron chi connectivity index (χ4n) is 8.61. The van der Waals surface area contributed by atoms with Crippen molar-refractivity contribution in [2.45, 2.75) is 0 Å². The average molecular weight is 739 g/mol. The fourth-order valence-corrected chi connectivity index (χ4v) is 8.61. The highest BCUT2D eigenvalue weighted by Crippen LogP contribution is 2.39. The van der Waals surface area contributed by atoms with E-state index in [-0.39, 0.29) is 0 Å². The zero-order valence-electron chi connectivity index (χ0n) is 31.8. The molecule has 0 aliphatic heterocycles. The van der Waals surface area contributed by atoms with Gasteiger partial charge >= 0.3 is 0 Å². The van der Waals surface area contributed by atoms with E-state index in [0.29, 0.717) is 0 Å². The van der Waals surface area contributed by atoms with E-state index in [1.54, 1.807) is 0 Å².